The number of nitrogens with zero attached hydrogens (tertiary/aromatic N) is 3. The fourth-order valence-electron chi connectivity index (χ4n) is 5.98. The highest BCUT2D eigenvalue weighted by Crippen LogP contribution is 2.50. The first-order chi connectivity index (χ1) is 23.5. The molecule has 17 heteroatoms. The van der Waals surface area contributed by atoms with Gasteiger partial charge in [-0.25, -0.2) is 9.50 Å². The number of ether oxygens (including phenoxy) is 4. The lowest BCUT2D eigenvalue weighted by Crippen LogP contribution is -2.51. The summed E-state index contributed by atoms with van der Waals surface area (Å²) in [7, 11) is 0. The quantitative estimate of drug-likeness (QED) is 0.214. The summed E-state index contributed by atoms with van der Waals surface area (Å²) in [6, 6.07) is 8.84. The molecule has 8 rings (SSSR count). The summed E-state index contributed by atoms with van der Waals surface area (Å²) in [6.07, 6.45) is -5.94. The van der Waals surface area contributed by atoms with Crippen LogP contribution in [0.4, 0.5) is 22.0 Å². The average molecular weight is 702 g/mol. The van der Waals surface area contributed by atoms with Gasteiger partial charge >= 0.3 is 12.5 Å². The van der Waals surface area contributed by atoms with Crippen molar-refractivity contribution < 1.29 is 55.6 Å². The Hall–Kier alpha value is -5.19. The van der Waals surface area contributed by atoms with E-state index < -0.39 is 53.3 Å². The second-order valence-corrected chi connectivity index (χ2v) is 13.2. The normalized spacial score (nSPS) is 21.7. The lowest BCUT2D eigenvalue weighted by atomic mass is 9.81. The van der Waals surface area contributed by atoms with Crippen molar-refractivity contribution in [3.63, 3.8) is 0 Å². The van der Waals surface area contributed by atoms with Crippen LogP contribution in [0.5, 0.6) is 23.1 Å². The Bertz CT molecular complexity index is 2100. The molecule has 4 N–H and O–H groups in total. The highest BCUT2D eigenvalue weighted by Gasteiger charge is 2.58. The van der Waals surface area contributed by atoms with E-state index in [1.54, 1.807) is 10.6 Å². The van der Waals surface area contributed by atoms with Gasteiger partial charge in [-0.15, -0.1) is 8.78 Å². The van der Waals surface area contributed by atoms with Gasteiger partial charge in [0.15, 0.2) is 11.5 Å². The molecule has 2 atom stereocenters. The minimum absolute atomic E-state index is 0.0330. The van der Waals surface area contributed by atoms with Crippen molar-refractivity contribution in [2.24, 2.45) is 5.73 Å². The Labute approximate surface area is 279 Å². The van der Waals surface area contributed by atoms with Crippen LogP contribution in [0.3, 0.4) is 0 Å². The summed E-state index contributed by atoms with van der Waals surface area (Å²) in [4.78, 5) is 30.1. The number of pyridine rings is 2. The Balaban J connectivity index is 1.17. The molecule has 2 fully saturated rings. The summed E-state index contributed by atoms with van der Waals surface area (Å²) in [6.45, 7) is -0.449. The third-order valence-corrected chi connectivity index (χ3v) is 9.31. The highest BCUT2D eigenvalue weighted by molar-refractivity contribution is 5.96. The van der Waals surface area contributed by atoms with E-state index in [9.17, 15) is 36.6 Å². The number of benzene rings is 1. The van der Waals surface area contributed by atoms with Crippen LogP contribution in [0.15, 0.2) is 42.5 Å². The number of fused-ring (bicyclic) bond motifs is 3. The molecule has 4 aliphatic rings. The predicted octanol–water partition coefficient (Wildman–Crippen LogP) is 4.45. The third kappa shape index (κ3) is 5.30. The van der Waals surface area contributed by atoms with Gasteiger partial charge in [0, 0.05) is 28.7 Å². The van der Waals surface area contributed by atoms with Gasteiger partial charge in [0.1, 0.15) is 29.6 Å². The van der Waals surface area contributed by atoms with Crippen LogP contribution in [0, 0.1) is 0 Å². The molecule has 262 valence electrons. The number of hydrogen-bond donors (Lipinski definition) is 3. The first kappa shape index (κ1) is 32.0. The second kappa shape index (κ2) is 10.7. The summed E-state index contributed by atoms with van der Waals surface area (Å²) in [5.74, 6) is -2.29. The van der Waals surface area contributed by atoms with Gasteiger partial charge in [-0.05, 0) is 69.0 Å². The maximum atomic E-state index is 14.9. The lowest BCUT2D eigenvalue weighted by molar-refractivity contribution is -0.286. The molecular formula is C33H28F5N5O7. The van der Waals surface area contributed by atoms with Crippen LogP contribution >= 0.6 is 0 Å². The topological polar surface area (TPSA) is 160 Å². The average Bonchev–Trinajstić information content (AvgIpc) is 3.97. The Morgan fingerprint density at radius 1 is 1.08 bits per heavy atom. The number of amides is 2. The largest absolute Gasteiger partial charge is 0.586 e. The van der Waals surface area contributed by atoms with Crippen LogP contribution in [0.2, 0.25) is 0 Å². The van der Waals surface area contributed by atoms with Crippen molar-refractivity contribution in [2.75, 3.05) is 13.2 Å². The molecule has 0 radical (unpaired) electrons. The van der Waals surface area contributed by atoms with Crippen molar-refractivity contribution in [1.82, 2.24) is 19.9 Å². The van der Waals surface area contributed by atoms with Crippen LogP contribution in [-0.2, 0) is 15.8 Å². The van der Waals surface area contributed by atoms with E-state index in [2.05, 4.69) is 24.9 Å². The molecule has 0 bridgehead atoms. The fourth-order valence-corrected chi connectivity index (χ4v) is 5.98. The van der Waals surface area contributed by atoms with Crippen LogP contribution in [0.1, 0.15) is 65.8 Å². The number of hydrogen-bond acceptors (Lipinski definition) is 9. The van der Waals surface area contributed by atoms with Crippen LogP contribution in [0.25, 0.3) is 16.8 Å². The van der Waals surface area contributed by atoms with Crippen LogP contribution < -0.4 is 30.0 Å². The number of halogens is 5. The smallest absolute Gasteiger partial charge is 0.489 e. The monoisotopic (exact) mass is 701 g/mol. The molecule has 0 saturated heterocycles. The van der Waals surface area contributed by atoms with Crippen molar-refractivity contribution in [3.8, 4) is 34.4 Å². The molecule has 5 heterocycles. The van der Waals surface area contributed by atoms with Crippen molar-refractivity contribution in [3.05, 3.63) is 65.0 Å². The molecular weight excluding hydrogens is 673 g/mol. The van der Waals surface area contributed by atoms with Crippen molar-refractivity contribution in [2.45, 2.75) is 68.1 Å². The van der Waals surface area contributed by atoms with Gasteiger partial charge in [-0.1, -0.05) is 0 Å². The minimum atomic E-state index is -5.44. The van der Waals surface area contributed by atoms with E-state index in [0.717, 1.165) is 49.6 Å². The minimum Gasteiger partial charge on any atom is -0.489 e. The van der Waals surface area contributed by atoms with Gasteiger partial charge in [-0.2, -0.15) is 18.3 Å². The molecule has 0 spiro atoms. The standard InChI is InChI=1S/C33H28F5N5O7/c1-30(29(39)45)14-47-27-20(30)12-24(41-26(27)16-4-7-22-23(9-16)50-33(37,38)49-22)31(46,32(34,35)36)13-40-28(44)17-8-18-11-21(15-2-3-15)42-43(18)25(10-17)48-19-5-6-19/h4,7-12,15,19,46H,2-3,5-6,13-14H2,1H3,(H2,39,45)(H,40,44)/t30-,31?/m0/s1. The van der Waals surface area contributed by atoms with E-state index in [4.69, 9.17) is 15.2 Å². The molecule has 2 saturated carbocycles. The summed E-state index contributed by atoms with van der Waals surface area (Å²) >= 11 is 0. The zero-order valence-corrected chi connectivity index (χ0v) is 26.1. The predicted molar refractivity (Wildman–Crippen MR) is 161 cm³/mol. The first-order valence-electron chi connectivity index (χ1n) is 15.7. The number of nitrogens with one attached hydrogen (secondary N) is 1. The molecule has 3 aromatic heterocycles. The third-order valence-electron chi connectivity index (χ3n) is 9.31. The highest BCUT2D eigenvalue weighted by atomic mass is 19.4. The van der Waals surface area contributed by atoms with E-state index in [0.29, 0.717) is 5.52 Å². The van der Waals surface area contributed by atoms with Crippen molar-refractivity contribution >= 4 is 17.3 Å². The summed E-state index contributed by atoms with van der Waals surface area (Å²) < 4.78 is 94.4. The number of primary amides is 1. The molecule has 1 aromatic carbocycles. The van der Waals surface area contributed by atoms with Crippen molar-refractivity contribution in [1.29, 1.82) is 0 Å². The molecule has 12 nitrogen and oxygen atoms in total. The van der Waals surface area contributed by atoms with E-state index in [-0.39, 0.29) is 58.4 Å². The molecule has 1 unspecified atom stereocenters. The summed E-state index contributed by atoms with van der Waals surface area (Å²) in [5.41, 5.74) is -0.115. The number of aliphatic hydroxyl groups is 1. The number of alkyl halides is 5. The lowest BCUT2D eigenvalue weighted by Gasteiger charge is -2.31. The van der Waals surface area contributed by atoms with Gasteiger partial charge in [0.25, 0.3) is 5.91 Å². The number of carbonyl (C=O) groups excluding carboxylic acids is 2. The maximum absolute atomic E-state index is 14.9. The van der Waals surface area contributed by atoms with Gasteiger partial charge in [0.2, 0.25) is 17.4 Å². The number of aromatic nitrogens is 3. The number of carbonyl (C=O) groups is 2. The zero-order valence-electron chi connectivity index (χ0n) is 26.1. The first-order valence-corrected chi connectivity index (χ1v) is 15.7. The Morgan fingerprint density at radius 3 is 2.50 bits per heavy atom. The van der Waals surface area contributed by atoms with E-state index in [1.807, 2.05) is 0 Å². The molecule has 2 amide bonds. The summed E-state index contributed by atoms with van der Waals surface area (Å²) in [5, 5.41) is 18.2. The Kier molecular flexibility index (Phi) is 6.83. The van der Waals surface area contributed by atoms with Crippen LogP contribution in [-0.4, -0.2) is 63.2 Å². The Morgan fingerprint density at radius 2 is 1.82 bits per heavy atom. The molecule has 2 aliphatic heterocycles. The molecule has 50 heavy (non-hydrogen) atoms. The van der Waals surface area contributed by atoms with Gasteiger partial charge in [0.05, 0.1) is 23.4 Å². The zero-order chi connectivity index (χ0) is 35.4. The number of rotatable bonds is 9. The maximum Gasteiger partial charge on any atom is 0.586 e. The SMILES string of the molecule is C[C@]1(C(N)=O)COc2c1cc(C(O)(CNC(=O)c1cc(OC3CC3)n3nc(C4CC4)cc3c1)C(F)(F)F)nc2-c1ccc2c(c1)OC(F)(F)O2. The molecule has 2 aliphatic carbocycles. The second-order valence-electron chi connectivity index (χ2n) is 13.2. The van der Waals surface area contributed by atoms with E-state index in [1.165, 1.54) is 25.1 Å². The number of nitrogens with two attached hydrogens (primary N) is 1. The van der Waals surface area contributed by atoms with Gasteiger partial charge in [-0.3, -0.25) is 9.59 Å². The molecule has 4 aromatic rings. The van der Waals surface area contributed by atoms with E-state index >= 15 is 0 Å². The fraction of sp³-hybridized carbons (Fsp3) is 0.394. The van der Waals surface area contributed by atoms with Gasteiger partial charge < -0.3 is 35.1 Å².